The lowest BCUT2D eigenvalue weighted by molar-refractivity contribution is -0.140. The molecular formula is C10H17F3N2O. The second-order valence-electron chi connectivity index (χ2n) is 4.98. The first-order valence-electron chi connectivity index (χ1n) is 5.22. The van der Waals surface area contributed by atoms with Gasteiger partial charge in [0.2, 0.25) is 5.91 Å². The van der Waals surface area contributed by atoms with Gasteiger partial charge < -0.3 is 5.73 Å². The third-order valence-corrected chi connectivity index (χ3v) is 3.52. The molecule has 0 spiro atoms. The number of carbonyl (C=O) groups is 1. The van der Waals surface area contributed by atoms with E-state index in [0.717, 1.165) is 0 Å². The maximum atomic E-state index is 12.2. The molecule has 0 aromatic carbocycles. The van der Waals surface area contributed by atoms with Crippen LogP contribution >= 0.6 is 0 Å². The van der Waals surface area contributed by atoms with Gasteiger partial charge >= 0.3 is 6.18 Å². The summed E-state index contributed by atoms with van der Waals surface area (Å²) in [5, 5.41) is 2.33. The smallest absolute Gasteiger partial charge is 0.368 e. The number of halogens is 3. The molecule has 0 radical (unpaired) electrons. The van der Waals surface area contributed by atoms with Crippen molar-refractivity contribution in [2.45, 2.75) is 44.8 Å². The second kappa shape index (κ2) is 3.91. The molecule has 0 saturated heterocycles. The Morgan fingerprint density at radius 3 is 2.25 bits per heavy atom. The SMILES string of the molecule is CC1(C)CCCC1(NCC(F)(F)F)C(N)=O. The highest BCUT2D eigenvalue weighted by Crippen LogP contribution is 2.46. The van der Waals surface area contributed by atoms with Crippen molar-refractivity contribution < 1.29 is 18.0 Å². The lowest BCUT2D eigenvalue weighted by Crippen LogP contribution is -2.62. The van der Waals surface area contributed by atoms with Crippen LogP contribution in [0.2, 0.25) is 0 Å². The van der Waals surface area contributed by atoms with E-state index in [4.69, 9.17) is 5.73 Å². The topological polar surface area (TPSA) is 55.1 Å². The molecule has 0 heterocycles. The largest absolute Gasteiger partial charge is 0.401 e. The quantitative estimate of drug-likeness (QED) is 0.784. The number of primary amides is 1. The molecule has 94 valence electrons. The molecule has 1 aliphatic rings. The van der Waals surface area contributed by atoms with Crippen molar-refractivity contribution in [3.8, 4) is 0 Å². The van der Waals surface area contributed by atoms with Gasteiger partial charge in [0, 0.05) is 0 Å². The van der Waals surface area contributed by atoms with Crippen LogP contribution in [0.5, 0.6) is 0 Å². The Bertz CT molecular complexity index is 288. The average molecular weight is 238 g/mol. The molecule has 3 nitrogen and oxygen atoms in total. The van der Waals surface area contributed by atoms with Crippen molar-refractivity contribution in [2.75, 3.05) is 6.54 Å². The molecule has 1 atom stereocenters. The fraction of sp³-hybridized carbons (Fsp3) is 0.900. The lowest BCUT2D eigenvalue weighted by Gasteiger charge is -2.39. The predicted molar refractivity (Wildman–Crippen MR) is 53.6 cm³/mol. The molecule has 1 aliphatic carbocycles. The number of amides is 1. The zero-order valence-corrected chi connectivity index (χ0v) is 9.45. The third kappa shape index (κ3) is 2.31. The zero-order chi connectivity index (χ0) is 12.6. The summed E-state index contributed by atoms with van der Waals surface area (Å²) in [4.78, 5) is 11.4. The summed E-state index contributed by atoms with van der Waals surface area (Å²) < 4.78 is 36.5. The monoisotopic (exact) mass is 238 g/mol. The van der Waals surface area contributed by atoms with E-state index in [1.807, 2.05) is 0 Å². The van der Waals surface area contributed by atoms with Gasteiger partial charge in [-0.2, -0.15) is 13.2 Å². The van der Waals surface area contributed by atoms with E-state index in [1.54, 1.807) is 13.8 Å². The van der Waals surface area contributed by atoms with E-state index >= 15 is 0 Å². The molecule has 1 amide bonds. The predicted octanol–water partition coefficient (Wildman–Crippen LogP) is 1.57. The molecule has 1 fully saturated rings. The first-order chi connectivity index (χ1) is 7.11. The average Bonchev–Trinajstić information content (AvgIpc) is 2.37. The normalized spacial score (nSPS) is 29.3. The van der Waals surface area contributed by atoms with Gasteiger partial charge in [-0.1, -0.05) is 20.3 Å². The van der Waals surface area contributed by atoms with E-state index < -0.39 is 29.6 Å². The van der Waals surface area contributed by atoms with Crippen LogP contribution in [0.4, 0.5) is 13.2 Å². The molecule has 1 saturated carbocycles. The van der Waals surface area contributed by atoms with E-state index in [0.29, 0.717) is 19.3 Å². The van der Waals surface area contributed by atoms with Gasteiger partial charge in [-0.05, 0) is 18.3 Å². The van der Waals surface area contributed by atoms with Crippen LogP contribution in [0.25, 0.3) is 0 Å². The minimum atomic E-state index is -4.33. The summed E-state index contributed by atoms with van der Waals surface area (Å²) in [6, 6.07) is 0. The molecule has 6 heteroatoms. The highest BCUT2D eigenvalue weighted by Gasteiger charge is 2.54. The zero-order valence-electron chi connectivity index (χ0n) is 9.45. The molecule has 0 aliphatic heterocycles. The fourth-order valence-electron chi connectivity index (χ4n) is 2.47. The molecular weight excluding hydrogens is 221 g/mol. The number of rotatable bonds is 3. The number of hydrogen-bond donors (Lipinski definition) is 2. The van der Waals surface area contributed by atoms with Crippen LogP contribution in [0.3, 0.4) is 0 Å². The van der Waals surface area contributed by atoms with Crippen LogP contribution in [-0.4, -0.2) is 24.2 Å². The van der Waals surface area contributed by atoms with Gasteiger partial charge in [0.1, 0.15) is 5.54 Å². The van der Waals surface area contributed by atoms with Crippen molar-refractivity contribution in [3.05, 3.63) is 0 Å². The Morgan fingerprint density at radius 2 is 1.94 bits per heavy atom. The Labute approximate surface area is 92.6 Å². The van der Waals surface area contributed by atoms with Crippen molar-refractivity contribution in [1.29, 1.82) is 0 Å². The summed E-state index contributed by atoms with van der Waals surface area (Å²) in [6.45, 7) is 2.36. The Morgan fingerprint density at radius 1 is 1.38 bits per heavy atom. The van der Waals surface area contributed by atoms with Crippen molar-refractivity contribution >= 4 is 5.91 Å². The van der Waals surface area contributed by atoms with Crippen LogP contribution in [0.1, 0.15) is 33.1 Å². The van der Waals surface area contributed by atoms with Gasteiger partial charge in [0.25, 0.3) is 0 Å². The van der Waals surface area contributed by atoms with E-state index in [2.05, 4.69) is 5.32 Å². The highest BCUT2D eigenvalue weighted by atomic mass is 19.4. The molecule has 0 aromatic heterocycles. The molecule has 0 aromatic rings. The summed E-state index contributed by atoms with van der Waals surface area (Å²) in [5.74, 6) is -0.695. The minimum Gasteiger partial charge on any atom is -0.368 e. The van der Waals surface area contributed by atoms with E-state index in [9.17, 15) is 18.0 Å². The van der Waals surface area contributed by atoms with Crippen molar-refractivity contribution in [1.82, 2.24) is 5.32 Å². The molecule has 16 heavy (non-hydrogen) atoms. The van der Waals surface area contributed by atoms with Crippen molar-refractivity contribution in [3.63, 3.8) is 0 Å². The Balaban J connectivity index is 2.87. The van der Waals surface area contributed by atoms with Gasteiger partial charge in [-0.25, -0.2) is 0 Å². The van der Waals surface area contributed by atoms with Crippen molar-refractivity contribution in [2.24, 2.45) is 11.1 Å². The van der Waals surface area contributed by atoms with Crippen LogP contribution in [0.15, 0.2) is 0 Å². The summed E-state index contributed by atoms with van der Waals surface area (Å²) in [7, 11) is 0. The van der Waals surface area contributed by atoms with Gasteiger partial charge in [0.15, 0.2) is 0 Å². The van der Waals surface area contributed by atoms with Crippen LogP contribution in [0, 0.1) is 5.41 Å². The van der Waals surface area contributed by atoms with E-state index in [1.165, 1.54) is 0 Å². The molecule has 1 rings (SSSR count). The maximum absolute atomic E-state index is 12.2. The minimum absolute atomic E-state index is 0.366. The van der Waals surface area contributed by atoms with Crippen LogP contribution in [-0.2, 0) is 4.79 Å². The first kappa shape index (κ1) is 13.3. The number of nitrogens with one attached hydrogen (secondary N) is 1. The number of nitrogens with two attached hydrogens (primary N) is 1. The van der Waals surface area contributed by atoms with Gasteiger partial charge in [-0.3, -0.25) is 10.1 Å². The third-order valence-electron chi connectivity index (χ3n) is 3.52. The van der Waals surface area contributed by atoms with Crippen LogP contribution < -0.4 is 11.1 Å². The lowest BCUT2D eigenvalue weighted by atomic mass is 9.74. The maximum Gasteiger partial charge on any atom is 0.401 e. The Kier molecular flexibility index (Phi) is 3.24. The van der Waals surface area contributed by atoms with E-state index in [-0.39, 0.29) is 0 Å². The van der Waals surface area contributed by atoms with Gasteiger partial charge in [-0.15, -0.1) is 0 Å². The fourth-order valence-corrected chi connectivity index (χ4v) is 2.47. The number of carbonyl (C=O) groups excluding carboxylic acids is 1. The summed E-state index contributed by atoms with van der Waals surface area (Å²) >= 11 is 0. The second-order valence-corrected chi connectivity index (χ2v) is 4.98. The number of alkyl halides is 3. The molecule has 3 N–H and O–H groups in total. The number of hydrogen-bond acceptors (Lipinski definition) is 2. The standard InChI is InChI=1S/C10H17F3N2O/c1-8(2)4-3-5-9(8,7(14)16)15-6-10(11,12)13/h15H,3-6H2,1-2H3,(H2,14,16). The Hall–Kier alpha value is -0.780. The molecule has 1 unspecified atom stereocenters. The highest BCUT2D eigenvalue weighted by molar-refractivity contribution is 5.86. The van der Waals surface area contributed by atoms with Gasteiger partial charge in [0.05, 0.1) is 6.54 Å². The summed E-state index contributed by atoms with van der Waals surface area (Å²) in [6.07, 6.45) is -2.56. The molecule has 0 bridgehead atoms. The summed E-state index contributed by atoms with van der Waals surface area (Å²) in [5.41, 5.74) is 3.50. The first-order valence-corrected chi connectivity index (χ1v) is 5.22.